The van der Waals surface area contributed by atoms with Gasteiger partial charge in [-0.15, -0.1) is 0 Å². The van der Waals surface area contributed by atoms with Gasteiger partial charge in [-0.05, 0) is 23.8 Å². The first-order chi connectivity index (χ1) is 14.9. The normalized spacial score (nSPS) is 11.0. The molecule has 1 aromatic carbocycles. The van der Waals surface area contributed by atoms with Crippen molar-refractivity contribution in [3.8, 4) is 0 Å². The molecular weight excluding hydrogens is 428 g/mol. The van der Waals surface area contributed by atoms with Gasteiger partial charge >= 0.3 is 5.88 Å². The van der Waals surface area contributed by atoms with Crippen LogP contribution in [0, 0.1) is 10.1 Å². The summed E-state index contributed by atoms with van der Waals surface area (Å²) in [6.07, 6.45) is 2.86. The lowest BCUT2D eigenvalue weighted by Crippen LogP contribution is -2.27. The lowest BCUT2D eigenvalue weighted by atomic mass is 10.2. The van der Waals surface area contributed by atoms with Crippen molar-refractivity contribution in [2.75, 3.05) is 6.54 Å². The standard InChI is InChI=1S/C19H15ClN6O5/c20-13-3-1-2-12(8-13)10-24-11-22-17-14(19(24)28)9-23-25(17)7-6-21-18(27)15-4-5-16(31-15)26(29)30/h1-5,8-9,11H,6-7,10H2,(H,21,27). The molecule has 0 unspecified atom stereocenters. The number of carbonyl (C=O) groups excluding carboxylic acids is 1. The number of amides is 1. The molecule has 4 aromatic rings. The molecule has 3 aromatic heterocycles. The molecule has 0 saturated heterocycles. The zero-order valence-corrected chi connectivity index (χ0v) is 16.7. The first-order valence-electron chi connectivity index (χ1n) is 9.10. The number of nitrogens with one attached hydrogen (secondary N) is 1. The number of hydrogen-bond acceptors (Lipinski definition) is 7. The summed E-state index contributed by atoms with van der Waals surface area (Å²) < 4.78 is 7.81. The van der Waals surface area contributed by atoms with E-state index in [0.29, 0.717) is 22.6 Å². The Morgan fingerprint density at radius 1 is 1.29 bits per heavy atom. The molecule has 0 radical (unpaired) electrons. The van der Waals surface area contributed by atoms with Gasteiger partial charge in [-0.1, -0.05) is 23.7 Å². The molecule has 0 saturated carbocycles. The molecule has 0 bridgehead atoms. The Balaban J connectivity index is 1.44. The number of nitrogens with zero attached hydrogens (tertiary/aromatic N) is 5. The lowest BCUT2D eigenvalue weighted by Gasteiger charge is -2.07. The Bertz CT molecular complexity index is 1340. The minimum absolute atomic E-state index is 0.150. The second-order valence-corrected chi connectivity index (χ2v) is 7.00. The fraction of sp³-hybridized carbons (Fsp3) is 0.158. The van der Waals surface area contributed by atoms with Crippen LogP contribution in [0.25, 0.3) is 11.0 Å². The number of rotatable bonds is 7. The van der Waals surface area contributed by atoms with Crippen LogP contribution < -0.4 is 10.9 Å². The van der Waals surface area contributed by atoms with Crippen LogP contribution in [0.2, 0.25) is 5.02 Å². The van der Waals surface area contributed by atoms with Gasteiger partial charge in [-0.2, -0.15) is 5.10 Å². The van der Waals surface area contributed by atoms with Crippen LogP contribution in [0.1, 0.15) is 16.1 Å². The highest BCUT2D eigenvalue weighted by molar-refractivity contribution is 6.30. The second-order valence-electron chi connectivity index (χ2n) is 6.56. The SMILES string of the molecule is O=C(NCCn1ncc2c(=O)n(Cc3cccc(Cl)c3)cnc21)c1ccc([N+](=O)[O-])o1. The van der Waals surface area contributed by atoms with Crippen LogP contribution in [0.15, 0.2) is 58.1 Å². The van der Waals surface area contributed by atoms with Gasteiger partial charge < -0.3 is 9.73 Å². The van der Waals surface area contributed by atoms with E-state index in [-0.39, 0.29) is 24.4 Å². The molecule has 0 aliphatic heterocycles. The largest absolute Gasteiger partial charge is 0.433 e. The summed E-state index contributed by atoms with van der Waals surface area (Å²) in [6, 6.07) is 9.53. The molecule has 0 atom stereocenters. The van der Waals surface area contributed by atoms with E-state index in [0.717, 1.165) is 11.6 Å². The molecule has 0 aliphatic carbocycles. The number of halogens is 1. The van der Waals surface area contributed by atoms with Crippen molar-refractivity contribution in [1.82, 2.24) is 24.6 Å². The summed E-state index contributed by atoms with van der Waals surface area (Å²) in [5, 5.41) is 18.3. The first kappa shape index (κ1) is 20.3. The van der Waals surface area contributed by atoms with E-state index in [9.17, 15) is 19.7 Å². The second kappa shape index (κ2) is 8.40. The summed E-state index contributed by atoms with van der Waals surface area (Å²) in [6.45, 7) is 0.707. The van der Waals surface area contributed by atoms with E-state index < -0.39 is 16.7 Å². The molecule has 0 fully saturated rings. The fourth-order valence-corrected chi connectivity index (χ4v) is 3.23. The van der Waals surface area contributed by atoms with Gasteiger partial charge in [0.1, 0.15) is 16.6 Å². The number of hydrogen-bond donors (Lipinski definition) is 1. The Morgan fingerprint density at radius 3 is 2.87 bits per heavy atom. The molecule has 11 nitrogen and oxygen atoms in total. The average Bonchev–Trinajstić information content (AvgIpc) is 3.38. The molecule has 158 valence electrons. The molecular formula is C19H15ClN6O5. The predicted octanol–water partition coefficient (Wildman–Crippen LogP) is 2.23. The van der Waals surface area contributed by atoms with Crippen LogP contribution >= 0.6 is 11.6 Å². The number of nitro groups is 1. The number of benzene rings is 1. The summed E-state index contributed by atoms with van der Waals surface area (Å²) in [7, 11) is 0. The third-order valence-electron chi connectivity index (χ3n) is 4.47. The van der Waals surface area contributed by atoms with E-state index in [1.165, 1.54) is 27.8 Å². The highest BCUT2D eigenvalue weighted by atomic mass is 35.5. The maximum absolute atomic E-state index is 12.8. The van der Waals surface area contributed by atoms with Crippen molar-refractivity contribution in [2.45, 2.75) is 13.1 Å². The van der Waals surface area contributed by atoms with E-state index in [1.807, 2.05) is 12.1 Å². The van der Waals surface area contributed by atoms with E-state index >= 15 is 0 Å². The summed E-state index contributed by atoms with van der Waals surface area (Å²) in [5.41, 5.74) is 1.00. The summed E-state index contributed by atoms with van der Waals surface area (Å²) >= 11 is 5.99. The highest BCUT2D eigenvalue weighted by Crippen LogP contribution is 2.15. The monoisotopic (exact) mass is 442 g/mol. The fourth-order valence-electron chi connectivity index (χ4n) is 3.02. The topological polar surface area (TPSA) is 138 Å². The van der Waals surface area contributed by atoms with E-state index in [1.54, 1.807) is 12.1 Å². The minimum atomic E-state index is -0.725. The summed E-state index contributed by atoms with van der Waals surface area (Å²) in [5.74, 6) is -1.28. The molecule has 0 aliphatic rings. The minimum Gasteiger partial charge on any atom is -0.395 e. The predicted molar refractivity (Wildman–Crippen MR) is 110 cm³/mol. The van der Waals surface area contributed by atoms with E-state index in [2.05, 4.69) is 15.4 Å². The first-order valence-corrected chi connectivity index (χ1v) is 9.48. The van der Waals surface area contributed by atoms with Crippen LogP contribution in [-0.4, -0.2) is 36.7 Å². The third-order valence-corrected chi connectivity index (χ3v) is 4.70. The zero-order chi connectivity index (χ0) is 22.0. The van der Waals surface area contributed by atoms with E-state index in [4.69, 9.17) is 16.0 Å². The molecule has 1 amide bonds. The van der Waals surface area contributed by atoms with Crippen LogP contribution in [0.5, 0.6) is 0 Å². The van der Waals surface area contributed by atoms with Crippen LogP contribution in [0.4, 0.5) is 5.88 Å². The Labute approximate surface area is 179 Å². The number of carbonyl (C=O) groups is 1. The van der Waals surface area contributed by atoms with Crippen molar-refractivity contribution < 1.29 is 14.1 Å². The Kier molecular flexibility index (Phi) is 5.50. The van der Waals surface area contributed by atoms with Crippen molar-refractivity contribution in [3.63, 3.8) is 0 Å². The van der Waals surface area contributed by atoms with Gasteiger partial charge in [-0.25, -0.2) is 9.67 Å². The summed E-state index contributed by atoms with van der Waals surface area (Å²) in [4.78, 5) is 39.0. The van der Waals surface area contributed by atoms with Crippen molar-refractivity contribution >= 4 is 34.4 Å². The molecule has 0 spiro atoms. The Hall–Kier alpha value is -3.99. The van der Waals surface area contributed by atoms with Gasteiger partial charge in [0.05, 0.1) is 25.4 Å². The quantitative estimate of drug-likeness (QED) is 0.342. The van der Waals surface area contributed by atoms with Crippen LogP contribution in [-0.2, 0) is 13.1 Å². The zero-order valence-electron chi connectivity index (χ0n) is 15.9. The maximum Gasteiger partial charge on any atom is 0.433 e. The number of furan rings is 1. The third kappa shape index (κ3) is 4.31. The van der Waals surface area contributed by atoms with Gasteiger partial charge in [0.15, 0.2) is 11.4 Å². The van der Waals surface area contributed by atoms with Crippen molar-refractivity contribution in [3.05, 3.63) is 85.7 Å². The number of aromatic nitrogens is 4. The smallest absolute Gasteiger partial charge is 0.395 e. The van der Waals surface area contributed by atoms with Gasteiger partial charge in [0.2, 0.25) is 0 Å². The van der Waals surface area contributed by atoms with Crippen molar-refractivity contribution in [1.29, 1.82) is 0 Å². The molecule has 12 heteroatoms. The lowest BCUT2D eigenvalue weighted by molar-refractivity contribution is -0.402. The van der Waals surface area contributed by atoms with Crippen molar-refractivity contribution in [2.24, 2.45) is 0 Å². The molecule has 31 heavy (non-hydrogen) atoms. The van der Waals surface area contributed by atoms with Crippen LogP contribution in [0.3, 0.4) is 0 Å². The van der Waals surface area contributed by atoms with Gasteiger partial charge in [0.25, 0.3) is 11.5 Å². The molecule has 3 heterocycles. The van der Waals surface area contributed by atoms with Gasteiger partial charge in [-0.3, -0.25) is 24.3 Å². The number of fused-ring (bicyclic) bond motifs is 1. The Morgan fingerprint density at radius 2 is 2.13 bits per heavy atom. The average molecular weight is 443 g/mol. The van der Waals surface area contributed by atoms with Gasteiger partial charge in [0, 0.05) is 11.6 Å². The maximum atomic E-state index is 12.8. The highest BCUT2D eigenvalue weighted by Gasteiger charge is 2.17. The molecule has 4 rings (SSSR count). The molecule has 1 N–H and O–H groups in total.